The molecule has 1 fully saturated rings. The Morgan fingerprint density at radius 1 is 0.339 bits per heavy atom. The monoisotopic (exact) mass is 854 g/mol. The van der Waals surface area contributed by atoms with Gasteiger partial charge in [0.05, 0.1) is 19.6 Å². The maximum Gasteiger partial charge on any atom is 0.242 e. The third kappa shape index (κ3) is 15.1. The molecular formula is C47H67N9O6. The molecule has 3 aromatic rings. The van der Waals surface area contributed by atoms with E-state index in [1.807, 2.05) is 96.1 Å². The van der Waals surface area contributed by atoms with Crippen LogP contribution in [-0.2, 0) is 48.4 Å². The Kier molecular flexibility index (Phi) is 18.6. The summed E-state index contributed by atoms with van der Waals surface area (Å²) in [5.74, 6) is -2.99. The highest BCUT2D eigenvalue weighted by Gasteiger charge is 2.31. The fraction of sp³-hybridized carbons (Fsp3) is 0.489. The van der Waals surface area contributed by atoms with Crippen LogP contribution < -0.4 is 17.2 Å². The van der Waals surface area contributed by atoms with E-state index in [1.54, 1.807) is 0 Å². The van der Waals surface area contributed by atoms with Gasteiger partial charge in [0.1, 0.15) is 19.6 Å². The lowest BCUT2D eigenvalue weighted by atomic mass is 10.1. The molecular weight excluding hydrogens is 787 g/mol. The smallest absolute Gasteiger partial charge is 0.242 e. The minimum atomic E-state index is -0.519. The highest BCUT2D eigenvalue weighted by molar-refractivity contribution is 5.94. The second-order valence-electron chi connectivity index (χ2n) is 16.8. The zero-order chi connectivity index (χ0) is 45.5. The molecule has 1 saturated heterocycles. The van der Waals surface area contributed by atoms with Gasteiger partial charge in [-0.1, -0.05) is 88.0 Å². The summed E-state index contributed by atoms with van der Waals surface area (Å²) in [5, 5.41) is 0. The lowest BCUT2D eigenvalue weighted by Gasteiger charge is -2.34. The maximum absolute atomic E-state index is 14.5. The highest BCUT2D eigenvalue weighted by Crippen LogP contribution is 2.17. The third-order valence-corrected chi connectivity index (χ3v) is 10.7. The van der Waals surface area contributed by atoms with Gasteiger partial charge in [-0.2, -0.15) is 0 Å². The van der Waals surface area contributed by atoms with Gasteiger partial charge < -0.3 is 46.6 Å². The van der Waals surface area contributed by atoms with E-state index >= 15 is 0 Å². The van der Waals surface area contributed by atoms with Gasteiger partial charge in [0.15, 0.2) is 0 Å². The molecule has 6 N–H and O–H groups in total. The number of carbonyl (C=O) groups excluding carboxylic acids is 6. The predicted octanol–water partition coefficient (Wildman–Crippen LogP) is 2.08. The maximum atomic E-state index is 14.5. The second-order valence-corrected chi connectivity index (χ2v) is 16.8. The standard InChI is InChI=1S/C47H67N9O6/c1-33-15-34(2)19-39(18-33)24-54-30-42(57)52(13-8-10-49)28-46(61)56(26-41-22-37(5)17-38(6)23-41)32-44(59)53(14-11-50)29-47(62)55(25-40-20-35(3)16-36(4)21-40)31-43(58)51(12-7-9-48)27-45(54)60/h15-23H,7-14,24-32,48-50H2,1-6H3. The van der Waals surface area contributed by atoms with Crippen LogP contribution in [0.1, 0.15) is 62.9 Å². The largest absolute Gasteiger partial charge is 0.332 e. The van der Waals surface area contributed by atoms with Crippen molar-refractivity contribution in [2.75, 3.05) is 78.5 Å². The number of nitrogens with two attached hydrogens (primary N) is 3. The Labute approximate surface area is 367 Å². The molecule has 15 heteroatoms. The molecule has 1 aliphatic heterocycles. The van der Waals surface area contributed by atoms with E-state index in [-0.39, 0.29) is 78.5 Å². The van der Waals surface area contributed by atoms with E-state index in [0.29, 0.717) is 12.8 Å². The van der Waals surface area contributed by atoms with Crippen molar-refractivity contribution in [1.29, 1.82) is 0 Å². The van der Waals surface area contributed by atoms with Gasteiger partial charge in [-0.25, -0.2) is 0 Å². The first-order chi connectivity index (χ1) is 29.5. The van der Waals surface area contributed by atoms with Crippen LogP contribution in [-0.4, -0.2) is 143 Å². The SMILES string of the molecule is Cc1cc(C)cc(CN2CC(=O)N(CCN)CC(=O)N(Cc3cc(C)cc(C)c3)CC(=O)N(CCCN)CC(=O)N(Cc3cc(C)cc(C)c3)CC(=O)N(CCCN)CC2=O)c1. The summed E-state index contributed by atoms with van der Waals surface area (Å²) in [6.45, 7) is 10.3. The van der Waals surface area contributed by atoms with Gasteiger partial charge in [0.2, 0.25) is 35.4 Å². The summed E-state index contributed by atoms with van der Waals surface area (Å²) in [6, 6.07) is 17.6. The van der Waals surface area contributed by atoms with E-state index in [4.69, 9.17) is 17.2 Å². The minimum absolute atomic E-state index is 0.00995. The zero-order valence-corrected chi connectivity index (χ0v) is 37.6. The summed E-state index contributed by atoms with van der Waals surface area (Å²) in [6.07, 6.45) is 0.763. The van der Waals surface area contributed by atoms with E-state index in [9.17, 15) is 28.8 Å². The number of carbonyl (C=O) groups is 6. The van der Waals surface area contributed by atoms with Crippen molar-refractivity contribution >= 4 is 35.4 Å². The van der Waals surface area contributed by atoms with Crippen LogP contribution in [0, 0.1) is 41.5 Å². The summed E-state index contributed by atoms with van der Waals surface area (Å²) < 4.78 is 0. The van der Waals surface area contributed by atoms with Crippen molar-refractivity contribution in [3.05, 3.63) is 105 Å². The Morgan fingerprint density at radius 3 is 0.806 bits per heavy atom. The normalized spacial score (nSPS) is 15.8. The lowest BCUT2D eigenvalue weighted by molar-refractivity contribution is -0.150. The summed E-state index contributed by atoms with van der Waals surface area (Å²) in [7, 11) is 0. The first-order valence-corrected chi connectivity index (χ1v) is 21.5. The van der Waals surface area contributed by atoms with Crippen LogP contribution >= 0.6 is 0 Å². The highest BCUT2D eigenvalue weighted by atomic mass is 16.2. The number of rotatable bonds is 14. The van der Waals surface area contributed by atoms with Crippen LogP contribution in [0.25, 0.3) is 0 Å². The molecule has 0 atom stereocenters. The Morgan fingerprint density at radius 2 is 0.565 bits per heavy atom. The van der Waals surface area contributed by atoms with Crippen molar-refractivity contribution in [2.45, 2.75) is 74.0 Å². The number of amides is 6. The topological polar surface area (TPSA) is 200 Å². The summed E-state index contributed by atoms with van der Waals surface area (Å²) >= 11 is 0. The van der Waals surface area contributed by atoms with Crippen molar-refractivity contribution < 1.29 is 28.8 Å². The van der Waals surface area contributed by atoms with Crippen molar-refractivity contribution in [1.82, 2.24) is 29.4 Å². The molecule has 0 aliphatic carbocycles. The average Bonchev–Trinajstić information content (AvgIpc) is 3.18. The number of nitrogens with zero attached hydrogens (tertiary/aromatic N) is 6. The molecule has 0 unspecified atom stereocenters. The third-order valence-electron chi connectivity index (χ3n) is 10.7. The molecule has 4 rings (SSSR count). The predicted molar refractivity (Wildman–Crippen MR) is 240 cm³/mol. The summed E-state index contributed by atoms with van der Waals surface area (Å²) in [4.78, 5) is 94.8. The van der Waals surface area contributed by atoms with Crippen molar-refractivity contribution in [3.63, 3.8) is 0 Å². The van der Waals surface area contributed by atoms with Crippen LogP contribution in [0.3, 0.4) is 0 Å². The van der Waals surface area contributed by atoms with Crippen molar-refractivity contribution in [2.24, 2.45) is 17.2 Å². The average molecular weight is 854 g/mol. The van der Waals surface area contributed by atoms with E-state index in [1.165, 1.54) is 29.4 Å². The Hall–Kier alpha value is -5.64. The molecule has 6 amide bonds. The van der Waals surface area contributed by atoms with Gasteiger partial charge in [0, 0.05) is 45.8 Å². The molecule has 62 heavy (non-hydrogen) atoms. The quantitative estimate of drug-likeness (QED) is 0.217. The zero-order valence-electron chi connectivity index (χ0n) is 37.6. The molecule has 1 heterocycles. The number of benzene rings is 3. The molecule has 0 bridgehead atoms. The number of hydrogen-bond acceptors (Lipinski definition) is 9. The molecule has 336 valence electrons. The Bertz CT molecular complexity index is 1950. The molecule has 0 spiro atoms. The fourth-order valence-corrected chi connectivity index (χ4v) is 8.01. The number of aryl methyl sites for hydroxylation is 6. The molecule has 0 radical (unpaired) electrons. The summed E-state index contributed by atoms with van der Waals surface area (Å²) in [5.41, 5.74) is 26.0. The van der Waals surface area contributed by atoms with Crippen LogP contribution in [0.15, 0.2) is 54.6 Å². The Balaban J connectivity index is 1.85. The van der Waals surface area contributed by atoms with Crippen molar-refractivity contribution in [3.8, 4) is 0 Å². The van der Waals surface area contributed by atoms with Gasteiger partial charge in [-0.15, -0.1) is 0 Å². The van der Waals surface area contributed by atoms with E-state index < -0.39 is 55.1 Å². The minimum Gasteiger partial charge on any atom is -0.332 e. The van der Waals surface area contributed by atoms with Gasteiger partial charge in [-0.3, -0.25) is 28.8 Å². The van der Waals surface area contributed by atoms with Gasteiger partial charge >= 0.3 is 0 Å². The first-order valence-electron chi connectivity index (χ1n) is 21.5. The molecule has 0 saturated carbocycles. The molecule has 0 aromatic heterocycles. The van der Waals surface area contributed by atoms with E-state index in [0.717, 1.165) is 50.1 Å². The lowest BCUT2D eigenvalue weighted by Crippen LogP contribution is -2.53. The van der Waals surface area contributed by atoms with Crippen LogP contribution in [0.2, 0.25) is 0 Å². The first kappa shape index (κ1) is 49.0. The number of hydrogen-bond donors (Lipinski definition) is 3. The second kappa shape index (κ2) is 23.5. The van der Waals surface area contributed by atoms with Crippen LogP contribution in [0.4, 0.5) is 0 Å². The molecule has 1 aliphatic rings. The van der Waals surface area contributed by atoms with Gasteiger partial charge in [-0.05, 0) is 84.2 Å². The molecule has 3 aromatic carbocycles. The van der Waals surface area contributed by atoms with Gasteiger partial charge in [0.25, 0.3) is 0 Å². The fourth-order valence-electron chi connectivity index (χ4n) is 8.01. The molecule has 15 nitrogen and oxygen atoms in total. The van der Waals surface area contributed by atoms with E-state index in [2.05, 4.69) is 0 Å². The van der Waals surface area contributed by atoms with Crippen LogP contribution in [0.5, 0.6) is 0 Å².